The van der Waals surface area contributed by atoms with E-state index in [1.54, 1.807) is 0 Å². The van der Waals surface area contributed by atoms with Crippen LogP contribution in [0.2, 0.25) is 6.04 Å². The molecule has 0 spiro atoms. The number of terminal acetylenes is 1. The predicted molar refractivity (Wildman–Crippen MR) is 41.6 cm³/mol. The van der Waals surface area contributed by atoms with Crippen molar-refractivity contribution in [1.29, 1.82) is 0 Å². The smallest absolute Gasteiger partial charge is 0.107 e. The monoisotopic (exact) mass is 126 g/mol. The molecule has 0 bridgehead atoms. The minimum atomic E-state index is -0.155. The normalized spacial score (nSPS) is 12.2. The summed E-state index contributed by atoms with van der Waals surface area (Å²) in [5.74, 6) is 0. The van der Waals surface area contributed by atoms with Gasteiger partial charge in [0.2, 0.25) is 0 Å². The van der Waals surface area contributed by atoms with Crippen LogP contribution in [0.4, 0.5) is 0 Å². The van der Waals surface area contributed by atoms with Gasteiger partial charge in [-0.05, 0) is 11.5 Å². The molecule has 8 heavy (non-hydrogen) atoms. The largest absolute Gasteiger partial charge is 0.143 e. The lowest BCUT2D eigenvalue weighted by molar-refractivity contribution is 0.468. The van der Waals surface area contributed by atoms with E-state index in [0.717, 1.165) is 0 Å². The predicted octanol–water partition coefficient (Wildman–Crippen LogP) is 1.21. The molecule has 0 aromatic rings. The van der Waals surface area contributed by atoms with Gasteiger partial charge in [0.05, 0.1) is 0 Å². The minimum absolute atomic E-state index is 0.155. The van der Waals surface area contributed by atoms with Crippen LogP contribution in [0.25, 0.3) is 0 Å². The zero-order chi connectivity index (χ0) is 6.62. The van der Waals surface area contributed by atoms with Crippen LogP contribution in [0, 0.1) is 17.4 Å². The summed E-state index contributed by atoms with van der Waals surface area (Å²) >= 11 is 0. The molecule has 0 aromatic carbocycles. The summed E-state index contributed by atoms with van der Waals surface area (Å²) in [6.45, 7) is 6.70. The molecule has 0 unspecified atom stereocenters. The third-order valence-corrected chi connectivity index (χ3v) is 3.06. The molecular weight excluding hydrogens is 112 g/mol. The van der Waals surface area contributed by atoms with Crippen LogP contribution < -0.4 is 0 Å². The van der Waals surface area contributed by atoms with Gasteiger partial charge in [0.1, 0.15) is 9.52 Å². The van der Waals surface area contributed by atoms with Crippen LogP contribution in [0.15, 0.2) is 0 Å². The molecule has 0 amide bonds. The third-order valence-electron chi connectivity index (χ3n) is 1.02. The molecular formula is C7H14Si. The maximum atomic E-state index is 5.15. The van der Waals surface area contributed by atoms with E-state index < -0.39 is 0 Å². The van der Waals surface area contributed by atoms with Gasteiger partial charge in [-0.15, -0.1) is 12.0 Å². The molecule has 46 valence electrons. The van der Waals surface area contributed by atoms with Crippen LogP contribution >= 0.6 is 0 Å². The summed E-state index contributed by atoms with van der Waals surface area (Å²) in [5, 5.41) is 0. The van der Waals surface area contributed by atoms with E-state index in [4.69, 9.17) is 6.42 Å². The molecule has 1 heteroatoms. The average molecular weight is 126 g/mol. The molecule has 0 aliphatic rings. The highest BCUT2D eigenvalue weighted by Gasteiger charge is 2.07. The number of hydrogen-bond donors (Lipinski definition) is 0. The first-order valence-electron chi connectivity index (χ1n) is 3.00. The lowest BCUT2D eigenvalue weighted by Crippen LogP contribution is -2.06. The number of rotatable bonds is 1. The highest BCUT2D eigenvalue weighted by atomic mass is 28.2. The van der Waals surface area contributed by atoms with Gasteiger partial charge in [-0.3, -0.25) is 0 Å². The second-order valence-corrected chi connectivity index (χ2v) is 4.67. The Hall–Kier alpha value is -0.223. The Morgan fingerprint density at radius 3 is 2.12 bits per heavy atom. The molecule has 0 saturated carbocycles. The minimum Gasteiger partial charge on any atom is -0.143 e. The molecule has 0 saturated heterocycles. The van der Waals surface area contributed by atoms with Crippen LogP contribution in [0.5, 0.6) is 0 Å². The molecule has 0 nitrogen and oxygen atoms in total. The van der Waals surface area contributed by atoms with Crippen molar-refractivity contribution in [3.8, 4) is 12.0 Å². The van der Waals surface area contributed by atoms with Crippen LogP contribution in [-0.2, 0) is 0 Å². The highest BCUT2D eigenvalue weighted by Crippen LogP contribution is 2.17. The summed E-state index contributed by atoms with van der Waals surface area (Å²) in [6.07, 6.45) is 5.15. The van der Waals surface area contributed by atoms with Crippen molar-refractivity contribution in [3.63, 3.8) is 0 Å². The molecule has 0 fully saturated rings. The van der Waals surface area contributed by atoms with Gasteiger partial charge < -0.3 is 0 Å². The molecule has 0 aliphatic heterocycles. The Morgan fingerprint density at radius 2 is 2.00 bits per heavy atom. The number of hydrogen-bond acceptors (Lipinski definition) is 0. The van der Waals surface area contributed by atoms with E-state index in [-0.39, 0.29) is 9.52 Å². The fourth-order valence-corrected chi connectivity index (χ4v) is 1.34. The van der Waals surface area contributed by atoms with Gasteiger partial charge in [-0.2, -0.15) is 0 Å². The summed E-state index contributed by atoms with van der Waals surface area (Å²) in [7, 11) is -0.155. The fourth-order valence-electron chi connectivity index (χ4n) is 0.447. The molecule has 0 rings (SSSR count). The first-order valence-corrected chi connectivity index (χ1v) is 4.70. The zero-order valence-corrected chi connectivity index (χ0v) is 7.41. The van der Waals surface area contributed by atoms with Crippen LogP contribution in [0.3, 0.4) is 0 Å². The van der Waals surface area contributed by atoms with Crippen molar-refractivity contribution >= 4 is 9.52 Å². The summed E-state index contributed by atoms with van der Waals surface area (Å²) < 4.78 is 0. The van der Waals surface area contributed by atoms with Gasteiger partial charge in [-0.25, -0.2) is 0 Å². The van der Waals surface area contributed by atoms with Gasteiger partial charge in [-0.1, -0.05) is 20.8 Å². The van der Waals surface area contributed by atoms with Crippen molar-refractivity contribution in [2.45, 2.75) is 26.8 Å². The lowest BCUT2D eigenvalue weighted by atomic mass is 10.0. The van der Waals surface area contributed by atoms with Crippen molar-refractivity contribution in [3.05, 3.63) is 0 Å². The van der Waals surface area contributed by atoms with Gasteiger partial charge in [0.25, 0.3) is 0 Å². The van der Waals surface area contributed by atoms with E-state index in [2.05, 4.69) is 26.3 Å². The Kier molecular flexibility index (Phi) is 2.85. The quantitative estimate of drug-likeness (QED) is 0.366. The topological polar surface area (TPSA) is 0 Å². The first-order chi connectivity index (χ1) is 3.56. The molecule has 0 atom stereocenters. The molecule has 0 heterocycles. The highest BCUT2D eigenvalue weighted by molar-refractivity contribution is 6.45. The Bertz CT molecular complexity index is 91.9. The Morgan fingerprint density at radius 1 is 1.50 bits per heavy atom. The van der Waals surface area contributed by atoms with Gasteiger partial charge >= 0.3 is 0 Å². The fraction of sp³-hybridized carbons (Fsp3) is 0.714. The third kappa shape index (κ3) is 5.78. The summed E-state index contributed by atoms with van der Waals surface area (Å²) in [6, 6.07) is 1.27. The van der Waals surface area contributed by atoms with Crippen molar-refractivity contribution < 1.29 is 0 Å². The Labute approximate surface area is 54.5 Å². The van der Waals surface area contributed by atoms with E-state index in [1.807, 2.05) is 0 Å². The van der Waals surface area contributed by atoms with Crippen molar-refractivity contribution in [2.24, 2.45) is 5.41 Å². The van der Waals surface area contributed by atoms with Crippen molar-refractivity contribution in [2.75, 3.05) is 0 Å². The van der Waals surface area contributed by atoms with Gasteiger partial charge in [0.15, 0.2) is 0 Å². The SMILES string of the molecule is C#C[SiH2]CC(C)(C)C. The van der Waals surface area contributed by atoms with E-state index in [1.165, 1.54) is 6.04 Å². The second-order valence-electron chi connectivity index (χ2n) is 3.26. The van der Waals surface area contributed by atoms with Gasteiger partial charge in [0, 0.05) is 0 Å². The van der Waals surface area contributed by atoms with E-state index in [0.29, 0.717) is 5.41 Å². The maximum Gasteiger partial charge on any atom is 0.107 e. The zero-order valence-electron chi connectivity index (χ0n) is 5.99. The lowest BCUT2D eigenvalue weighted by Gasteiger charge is -2.14. The molecule has 0 N–H and O–H groups in total. The summed E-state index contributed by atoms with van der Waals surface area (Å²) in [4.78, 5) is 0. The maximum absolute atomic E-state index is 5.15. The van der Waals surface area contributed by atoms with E-state index >= 15 is 0 Å². The van der Waals surface area contributed by atoms with Crippen molar-refractivity contribution in [1.82, 2.24) is 0 Å². The second kappa shape index (κ2) is 2.94. The first kappa shape index (κ1) is 7.78. The van der Waals surface area contributed by atoms with Crippen LogP contribution in [-0.4, -0.2) is 9.52 Å². The average Bonchev–Trinajstić information content (AvgIpc) is 1.59. The van der Waals surface area contributed by atoms with Crippen LogP contribution in [0.1, 0.15) is 20.8 Å². The Balaban J connectivity index is 3.28. The standard InChI is InChI=1S/C7H14Si/c1-5-8-6-7(2,3)4/h1H,6,8H2,2-4H3. The molecule has 0 aromatic heterocycles. The molecule has 0 aliphatic carbocycles. The van der Waals surface area contributed by atoms with E-state index in [9.17, 15) is 0 Å². The molecule has 0 radical (unpaired) electrons. The summed E-state index contributed by atoms with van der Waals surface area (Å²) in [5.41, 5.74) is 3.23.